The van der Waals surface area contributed by atoms with Gasteiger partial charge in [0.25, 0.3) is 11.8 Å². The zero-order valence-corrected chi connectivity index (χ0v) is 20.0. The van der Waals surface area contributed by atoms with Gasteiger partial charge in [0.15, 0.2) is 11.5 Å². The summed E-state index contributed by atoms with van der Waals surface area (Å²) in [5, 5.41) is 2.13. The molecule has 0 N–H and O–H groups in total. The van der Waals surface area contributed by atoms with Crippen molar-refractivity contribution in [2.24, 2.45) is 0 Å². The first-order valence-corrected chi connectivity index (χ1v) is 12.3. The SMILES string of the molecule is c1cc(-c2ccc3c(c2)Oc2nc4ccccc4nc2O3)cc(-c2cc3cccnc3c3ncccc23)c1. The Morgan fingerprint density at radius 1 is 0.500 bits per heavy atom. The summed E-state index contributed by atoms with van der Waals surface area (Å²) in [5.74, 6) is 1.96. The fourth-order valence-corrected chi connectivity index (χ4v) is 5.04. The molecule has 6 nitrogen and oxygen atoms in total. The van der Waals surface area contributed by atoms with Crippen LogP contribution < -0.4 is 9.47 Å². The minimum absolute atomic E-state index is 0.367. The minimum Gasteiger partial charge on any atom is -0.431 e. The van der Waals surface area contributed by atoms with Gasteiger partial charge < -0.3 is 9.47 Å². The third-order valence-corrected chi connectivity index (χ3v) is 6.83. The Morgan fingerprint density at radius 2 is 1.21 bits per heavy atom. The first-order chi connectivity index (χ1) is 18.8. The van der Waals surface area contributed by atoms with E-state index < -0.39 is 0 Å². The fraction of sp³-hybridized carbons (Fsp3) is 0. The maximum Gasteiger partial charge on any atom is 0.284 e. The normalized spacial score (nSPS) is 12.1. The van der Waals surface area contributed by atoms with Crippen molar-refractivity contribution in [2.75, 3.05) is 0 Å². The molecule has 1 aliphatic heterocycles. The van der Waals surface area contributed by atoms with Crippen molar-refractivity contribution in [1.82, 2.24) is 19.9 Å². The van der Waals surface area contributed by atoms with E-state index in [1.165, 1.54) is 0 Å². The Kier molecular flexibility index (Phi) is 4.42. The van der Waals surface area contributed by atoms with E-state index in [0.29, 0.717) is 23.3 Å². The lowest BCUT2D eigenvalue weighted by Crippen LogP contribution is -2.03. The Labute approximate surface area is 217 Å². The largest absolute Gasteiger partial charge is 0.431 e. The van der Waals surface area contributed by atoms with Gasteiger partial charge in [0.05, 0.1) is 22.1 Å². The monoisotopic (exact) mass is 490 g/mol. The number of hydrogen-bond acceptors (Lipinski definition) is 6. The zero-order chi connectivity index (χ0) is 25.1. The average Bonchev–Trinajstić information content (AvgIpc) is 2.98. The van der Waals surface area contributed by atoms with Crippen molar-refractivity contribution in [2.45, 2.75) is 0 Å². The van der Waals surface area contributed by atoms with Gasteiger partial charge in [0.2, 0.25) is 0 Å². The van der Waals surface area contributed by atoms with Gasteiger partial charge in [-0.1, -0.05) is 48.5 Å². The smallest absolute Gasteiger partial charge is 0.284 e. The molecule has 0 radical (unpaired) electrons. The summed E-state index contributed by atoms with van der Waals surface area (Å²) in [4.78, 5) is 18.4. The second-order valence-electron chi connectivity index (χ2n) is 9.17. The molecular weight excluding hydrogens is 472 g/mol. The Balaban J connectivity index is 1.21. The lowest BCUT2D eigenvalue weighted by atomic mass is 9.95. The van der Waals surface area contributed by atoms with Crippen molar-refractivity contribution >= 4 is 32.8 Å². The molecule has 3 aromatic heterocycles. The lowest BCUT2D eigenvalue weighted by Gasteiger charge is -2.20. The Bertz CT molecular complexity index is 2050. The quantitative estimate of drug-likeness (QED) is 0.229. The zero-order valence-electron chi connectivity index (χ0n) is 20.0. The van der Waals surface area contributed by atoms with Crippen LogP contribution in [-0.2, 0) is 0 Å². The maximum absolute atomic E-state index is 6.15. The number of ether oxygens (including phenoxy) is 2. The summed E-state index contributed by atoms with van der Waals surface area (Å²) in [5.41, 5.74) is 7.62. The Hall–Kier alpha value is -5.36. The highest BCUT2D eigenvalue weighted by atomic mass is 16.6. The predicted octanol–water partition coefficient (Wildman–Crippen LogP) is 7.96. The third-order valence-electron chi connectivity index (χ3n) is 6.83. The van der Waals surface area contributed by atoms with Gasteiger partial charge in [-0.25, -0.2) is 9.97 Å². The second-order valence-corrected chi connectivity index (χ2v) is 9.17. The molecule has 0 fully saturated rings. The summed E-state index contributed by atoms with van der Waals surface area (Å²) >= 11 is 0. The van der Waals surface area contributed by atoms with Gasteiger partial charge in [-0.3, -0.25) is 9.97 Å². The van der Waals surface area contributed by atoms with E-state index in [-0.39, 0.29) is 0 Å². The molecule has 0 unspecified atom stereocenters. The van der Waals surface area contributed by atoms with Crippen LogP contribution in [0.1, 0.15) is 0 Å². The number of aromatic nitrogens is 4. The van der Waals surface area contributed by atoms with Crippen molar-refractivity contribution in [3.8, 4) is 45.5 Å². The number of nitrogens with zero attached hydrogens (tertiary/aromatic N) is 4. The summed E-state index contributed by atoms with van der Waals surface area (Å²) in [6.07, 6.45) is 3.63. The number of para-hydroxylation sites is 2. The van der Waals surface area contributed by atoms with Crippen LogP contribution in [0.25, 0.3) is 55.1 Å². The highest BCUT2D eigenvalue weighted by molar-refractivity contribution is 6.10. The molecular formula is C32H18N4O2. The molecule has 0 bridgehead atoms. The molecule has 8 rings (SSSR count). The highest BCUT2D eigenvalue weighted by Crippen LogP contribution is 2.45. The molecule has 0 saturated heterocycles. The van der Waals surface area contributed by atoms with E-state index in [2.05, 4.69) is 62.4 Å². The van der Waals surface area contributed by atoms with Gasteiger partial charge in [-0.05, 0) is 70.8 Å². The molecule has 0 aliphatic carbocycles. The van der Waals surface area contributed by atoms with Crippen LogP contribution in [0, 0.1) is 0 Å². The van der Waals surface area contributed by atoms with Crippen LogP contribution in [0.4, 0.5) is 0 Å². The van der Waals surface area contributed by atoms with E-state index in [1.54, 1.807) is 0 Å². The lowest BCUT2D eigenvalue weighted by molar-refractivity contribution is 0.339. The number of benzene rings is 4. The molecule has 38 heavy (non-hydrogen) atoms. The van der Waals surface area contributed by atoms with E-state index in [9.17, 15) is 0 Å². The molecule has 0 saturated carbocycles. The molecule has 0 spiro atoms. The summed E-state index contributed by atoms with van der Waals surface area (Å²) in [6, 6.07) is 32.4. The van der Waals surface area contributed by atoms with Gasteiger partial charge in [0, 0.05) is 23.2 Å². The van der Waals surface area contributed by atoms with Crippen LogP contribution in [0.5, 0.6) is 23.3 Å². The highest BCUT2D eigenvalue weighted by Gasteiger charge is 2.23. The summed E-state index contributed by atoms with van der Waals surface area (Å²) < 4.78 is 12.2. The minimum atomic E-state index is 0.367. The molecule has 178 valence electrons. The first kappa shape index (κ1) is 20.8. The molecule has 1 aliphatic rings. The summed E-state index contributed by atoms with van der Waals surface area (Å²) in [7, 11) is 0. The molecule has 4 heterocycles. The number of rotatable bonds is 2. The van der Waals surface area contributed by atoms with Gasteiger partial charge >= 0.3 is 0 Å². The number of fused-ring (bicyclic) bond motifs is 6. The van der Waals surface area contributed by atoms with Crippen LogP contribution in [0.2, 0.25) is 0 Å². The van der Waals surface area contributed by atoms with Crippen molar-refractivity contribution in [3.63, 3.8) is 0 Å². The Morgan fingerprint density at radius 3 is 2.05 bits per heavy atom. The van der Waals surface area contributed by atoms with Crippen molar-refractivity contribution in [3.05, 3.63) is 109 Å². The second kappa shape index (κ2) is 8.08. The first-order valence-electron chi connectivity index (χ1n) is 12.3. The van der Waals surface area contributed by atoms with E-state index in [1.807, 2.05) is 67.0 Å². The van der Waals surface area contributed by atoms with E-state index in [0.717, 1.165) is 55.1 Å². The molecule has 0 amide bonds. The average molecular weight is 491 g/mol. The van der Waals surface area contributed by atoms with Crippen LogP contribution in [-0.4, -0.2) is 19.9 Å². The van der Waals surface area contributed by atoms with E-state index in [4.69, 9.17) is 9.47 Å². The van der Waals surface area contributed by atoms with Crippen LogP contribution >= 0.6 is 0 Å². The summed E-state index contributed by atoms with van der Waals surface area (Å²) in [6.45, 7) is 0. The van der Waals surface area contributed by atoms with E-state index >= 15 is 0 Å². The van der Waals surface area contributed by atoms with Gasteiger partial charge in [-0.2, -0.15) is 0 Å². The van der Waals surface area contributed by atoms with Crippen LogP contribution in [0.3, 0.4) is 0 Å². The molecule has 7 aromatic rings. The van der Waals surface area contributed by atoms with Crippen molar-refractivity contribution in [1.29, 1.82) is 0 Å². The predicted molar refractivity (Wildman–Crippen MR) is 148 cm³/mol. The molecule has 0 atom stereocenters. The topological polar surface area (TPSA) is 70.0 Å². The number of pyridine rings is 2. The molecule has 6 heteroatoms. The molecule has 4 aromatic carbocycles. The van der Waals surface area contributed by atoms with Crippen LogP contribution in [0.15, 0.2) is 109 Å². The maximum atomic E-state index is 6.15. The number of hydrogen-bond donors (Lipinski definition) is 0. The fourth-order valence-electron chi connectivity index (χ4n) is 5.04. The van der Waals surface area contributed by atoms with Gasteiger partial charge in [-0.15, -0.1) is 0 Å². The van der Waals surface area contributed by atoms with Crippen molar-refractivity contribution < 1.29 is 9.47 Å². The standard InChI is InChI=1S/C32H18N4O2/c1-2-11-26-25(10-1)35-31-32(36-26)38-28-18-20(12-13-27(28)37-31)19-6-3-7-21(16-19)24-17-22-8-4-14-33-29(22)30-23(24)9-5-15-34-30/h1-18H. The van der Waals surface area contributed by atoms with Gasteiger partial charge in [0.1, 0.15) is 0 Å². The third kappa shape index (κ3) is 3.28.